The van der Waals surface area contributed by atoms with Crippen LogP contribution in [0, 0.1) is 0 Å². The first-order chi connectivity index (χ1) is 8.66. The number of rotatable bonds is 5. The lowest BCUT2D eigenvalue weighted by Gasteiger charge is -2.19. The molecular weight excluding hydrogens is 282 g/mol. The largest absolute Gasteiger partial charge is 0.327 e. The van der Waals surface area contributed by atoms with Crippen molar-refractivity contribution in [3.63, 3.8) is 0 Å². The molecule has 0 aliphatic heterocycles. The first kappa shape index (κ1) is 13.9. The van der Waals surface area contributed by atoms with Crippen LogP contribution in [-0.2, 0) is 5.75 Å². The molecule has 18 heavy (non-hydrogen) atoms. The van der Waals surface area contributed by atoms with Gasteiger partial charge in [-0.3, -0.25) is 0 Å². The number of benzene rings is 1. The van der Waals surface area contributed by atoms with Crippen LogP contribution in [0.25, 0.3) is 0 Å². The summed E-state index contributed by atoms with van der Waals surface area (Å²) in [6.45, 7) is 2.07. The van der Waals surface area contributed by atoms with Gasteiger partial charge in [-0.15, -0.1) is 23.1 Å². The van der Waals surface area contributed by atoms with E-state index in [1.165, 1.54) is 10.4 Å². The Kier molecular flexibility index (Phi) is 5.13. The topological polar surface area (TPSA) is 26.0 Å². The third-order valence-electron chi connectivity index (χ3n) is 2.64. The Labute approximate surface area is 121 Å². The highest BCUT2D eigenvalue weighted by Crippen LogP contribution is 2.36. The molecule has 0 amide bonds. The van der Waals surface area contributed by atoms with E-state index >= 15 is 0 Å². The van der Waals surface area contributed by atoms with Gasteiger partial charge in [0.25, 0.3) is 0 Å². The molecule has 0 aliphatic rings. The maximum atomic E-state index is 6.08. The van der Waals surface area contributed by atoms with Crippen molar-refractivity contribution < 1.29 is 0 Å². The third-order valence-corrected chi connectivity index (χ3v) is 5.54. The molecule has 0 fully saturated rings. The van der Waals surface area contributed by atoms with Crippen molar-refractivity contribution in [1.82, 2.24) is 0 Å². The highest BCUT2D eigenvalue weighted by atomic mass is 35.5. The Bertz CT molecular complexity index is 465. The first-order valence-corrected chi connectivity index (χ1v) is 8.12. The Hall–Kier alpha value is -0.480. The van der Waals surface area contributed by atoms with E-state index in [2.05, 4.69) is 36.6 Å². The van der Waals surface area contributed by atoms with Crippen LogP contribution in [0.5, 0.6) is 0 Å². The van der Waals surface area contributed by atoms with E-state index in [4.69, 9.17) is 17.3 Å². The molecule has 0 spiro atoms. The average molecular weight is 298 g/mol. The van der Waals surface area contributed by atoms with Crippen molar-refractivity contribution in [3.05, 3.63) is 57.2 Å². The Morgan fingerprint density at radius 1 is 1.28 bits per heavy atom. The zero-order valence-electron chi connectivity index (χ0n) is 10.2. The van der Waals surface area contributed by atoms with Crippen molar-refractivity contribution in [3.8, 4) is 0 Å². The lowest BCUT2D eigenvalue weighted by atomic mass is 10.2. The van der Waals surface area contributed by atoms with Crippen LogP contribution in [0.15, 0.2) is 41.8 Å². The van der Waals surface area contributed by atoms with Gasteiger partial charge < -0.3 is 5.73 Å². The summed E-state index contributed by atoms with van der Waals surface area (Å²) in [4.78, 5) is 1.35. The molecule has 2 N–H and O–H groups in total. The van der Waals surface area contributed by atoms with Gasteiger partial charge in [0.2, 0.25) is 0 Å². The second-order valence-electron chi connectivity index (χ2n) is 4.23. The molecule has 0 aliphatic carbocycles. The van der Waals surface area contributed by atoms with Gasteiger partial charge in [-0.1, -0.05) is 29.8 Å². The molecule has 0 saturated heterocycles. The molecule has 2 aromatic rings. The Morgan fingerprint density at radius 3 is 2.56 bits per heavy atom. The smallest absolute Gasteiger partial charge is 0.0542 e. The molecule has 2 unspecified atom stereocenters. The van der Waals surface area contributed by atoms with Crippen molar-refractivity contribution in [2.24, 2.45) is 5.73 Å². The summed E-state index contributed by atoms with van der Waals surface area (Å²) in [7, 11) is 0. The normalized spacial score (nSPS) is 14.4. The van der Waals surface area contributed by atoms with Gasteiger partial charge in [0.1, 0.15) is 0 Å². The van der Waals surface area contributed by atoms with Gasteiger partial charge >= 0.3 is 0 Å². The SMILES string of the molecule is CC(N)C(SCc1ccc(Cl)cc1)c1cccs1. The van der Waals surface area contributed by atoms with E-state index in [1.54, 1.807) is 11.3 Å². The maximum Gasteiger partial charge on any atom is 0.0542 e. The molecule has 2 rings (SSSR count). The molecule has 1 heterocycles. The summed E-state index contributed by atoms with van der Waals surface area (Å²) in [5, 5.41) is 3.25. The van der Waals surface area contributed by atoms with E-state index in [0.29, 0.717) is 5.25 Å². The predicted octanol–water partition coefficient (Wildman–Crippen LogP) is 4.72. The molecular formula is C14H16ClNS2. The zero-order valence-corrected chi connectivity index (χ0v) is 12.6. The molecule has 1 aromatic heterocycles. The lowest BCUT2D eigenvalue weighted by Crippen LogP contribution is -2.22. The number of nitrogens with two attached hydrogens (primary N) is 1. The second kappa shape index (κ2) is 6.62. The van der Waals surface area contributed by atoms with Crippen LogP contribution in [0.4, 0.5) is 0 Å². The van der Waals surface area contributed by atoms with Crippen LogP contribution in [0.2, 0.25) is 5.02 Å². The summed E-state index contributed by atoms with van der Waals surface area (Å²) >= 11 is 9.54. The van der Waals surface area contributed by atoms with Crippen LogP contribution in [-0.4, -0.2) is 6.04 Å². The van der Waals surface area contributed by atoms with Crippen LogP contribution in [0.3, 0.4) is 0 Å². The fourth-order valence-corrected chi connectivity index (χ4v) is 4.14. The van der Waals surface area contributed by atoms with Crippen molar-refractivity contribution in [2.75, 3.05) is 0 Å². The molecule has 0 radical (unpaired) electrons. The molecule has 2 atom stereocenters. The molecule has 0 bridgehead atoms. The quantitative estimate of drug-likeness (QED) is 0.864. The number of halogens is 1. The van der Waals surface area contributed by atoms with Gasteiger partial charge in [0, 0.05) is 21.7 Å². The van der Waals surface area contributed by atoms with Crippen LogP contribution in [0.1, 0.15) is 22.6 Å². The predicted molar refractivity (Wildman–Crippen MR) is 83.5 cm³/mol. The molecule has 4 heteroatoms. The molecule has 0 saturated carbocycles. The molecule has 1 aromatic carbocycles. The summed E-state index contributed by atoms with van der Waals surface area (Å²) in [6, 6.07) is 12.4. The number of thiophene rings is 1. The van der Waals surface area contributed by atoms with Crippen molar-refractivity contribution in [2.45, 2.75) is 24.0 Å². The van der Waals surface area contributed by atoms with Crippen molar-refractivity contribution in [1.29, 1.82) is 0 Å². The van der Waals surface area contributed by atoms with Gasteiger partial charge in [-0.25, -0.2) is 0 Å². The van der Waals surface area contributed by atoms with Crippen LogP contribution < -0.4 is 5.73 Å². The van der Waals surface area contributed by atoms with E-state index in [0.717, 1.165) is 10.8 Å². The Balaban J connectivity index is 2.00. The summed E-state index contributed by atoms with van der Waals surface area (Å²) in [5.41, 5.74) is 7.36. The highest BCUT2D eigenvalue weighted by Gasteiger charge is 2.17. The molecule has 96 valence electrons. The summed E-state index contributed by atoms with van der Waals surface area (Å²) < 4.78 is 0. The van der Waals surface area contributed by atoms with Gasteiger partial charge in [-0.05, 0) is 36.1 Å². The maximum absolute atomic E-state index is 6.08. The monoisotopic (exact) mass is 297 g/mol. The second-order valence-corrected chi connectivity index (χ2v) is 6.78. The van der Waals surface area contributed by atoms with E-state index in [9.17, 15) is 0 Å². The minimum Gasteiger partial charge on any atom is -0.327 e. The zero-order chi connectivity index (χ0) is 13.0. The molecule has 1 nitrogen and oxygen atoms in total. The summed E-state index contributed by atoms with van der Waals surface area (Å²) in [5.74, 6) is 0.960. The van der Waals surface area contributed by atoms with Gasteiger partial charge in [0.15, 0.2) is 0 Å². The fourth-order valence-electron chi connectivity index (χ4n) is 1.71. The van der Waals surface area contributed by atoms with Gasteiger partial charge in [0.05, 0.1) is 5.25 Å². The standard InChI is InChI=1S/C14H16ClNS2/c1-10(16)14(13-3-2-8-17-13)18-9-11-4-6-12(15)7-5-11/h2-8,10,14H,9,16H2,1H3. The minimum absolute atomic E-state index is 0.154. The van der Waals surface area contributed by atoms with Crippen LogP contribution >= 0.6 is 34.7 Å². The highest BCUT2D eigenvalue weighted by molar-refractivity contribution is 7.98. The summed E-state index contributed by atoms with van der Waals surface area (Å²) in [6.07, 6.45) is 0. The average Bonchev–Trinajstić information content (AvgIpc) is 2.85. The lowest BCUT2D eigenvalue weighted by molar-refractivity contribution is 0.730. The van der Waals surface area contributed by atoms with E-state index < -0.39 is 0 Å². The number of hydrogen-bond acceptors (Lipinski definition) is 3. The fraction of sp³-hybridized carbons (Fsp3) is 0.286. The van der Waals surface area contributed by atoms with Crippen molar-refractivity contribution >= 4 is 34.7 Å². The third kappa shape index (κ3) is 3.75. The number of hydrogen-bond donors (Lipinski definition) is 1. The van der Waals surface area contributed by atoms with Gasteiger partial charge in [-0.2, -0.15) is 0 Å². The van der Waals surface area contributed by atoms with E-state index in [1.807, 2.05) is 23.9 Å². The number of thioether (sulfide) groups is 1. The van der Waals surface area contributed by atoms with E-state index in [-0.39, 0.29) is 6.04 Å². The minimum atomic E-state index is 0.154. The Morgan fingerprint density at radius 2 is 2.00 bits per heavy atom. The first-order valence-electron chi connectivity index (χ1n) is 5.82.